The summed E-state index contributed by atoms with van der Waals surface area (Å²) in [6.07, 6.45) is 3.79. The summed E-state index contributed by atoms with van der Waals surface area (Å²) in [7, 11) is 3.62. The lowest BCUT2D eigenvalue weighted by Crippen LogP contribution is -2.31. The van der Waals surface area contributed by atoms with Crippen molar-refractivity contribution in [3.8, 4) is 17.2 Å². The van der Waals surface area contributed by atoms with E-state index in [1.165, 1.54) is 0 Å². The standard InChI is InChI=1S/C28H23ClN2O4/c1-30-13-18(21-12-19(33-2)7-9-24(21)30)11-26-27(32)20-8-10-25-22(28(20)35-26)15-31(16-34-25)14-17-5-3-4-6-23(17)29/h3-13H,14-16H2,1-2H3/b26-11-. The Balaban J connectivity index is 1.33. The maximum Gasteiger partial charge on any atom is 0.231 e. The molecule has 4 aromatic rings. The van der Waals surface area contributed by atoms with E-state index < -0.39 is 0 Å². The number of ether oxygens (including phenoxy) is 3. The number of nitrogens with zero attached hydrogens (tertiary/aromatic N) is 2. The summed E-state index contributed by atoms with van der Waals surface area (Å²) in [5.41, 5.74) is 4.38. The van der Waals surface area contributed by atoms with Crippen LogP contribution >= 0.6 is 11.6 Å². The van der Waals surface area contributed by atoms with Crippen molar-refractivity contribution in [1.29, 1.82) is 0 Å². The van der Waals surface area contributed by atoms with Crippen LogP contribution in [0.4, 0.5) is 0 Å². The van der Waals surface area contributed by atoms with Gasteiger partial charge in [-0.15, -0.1) is 0 Å². The van der Waals surface area contributed by atoms with Crippen LogP contribution in [0.1, 0.15) is 27.0 Å². The van der Waals surface area contributed by atoms with Crippen LogP contribution in [0.15, 0.2) is 66.6 Å². The molecule has 176 valence electrons. The fraction of sp³-hybridized carbons (Fsp3) is 0.179. The van der Waals surface area contributed by atoms with E-state index >= 15 is 0 Å². The summed E-state index contributed by atoms with van der Waals surface area (Å²) in [5.74, 6) is 2.23. The van der Waals surface area contributed by atoms with Crippen molar-refractivity contribution in [3.05, 3.63) is 93.8 Å². The average Bonchev–Trinajstić information content (AvgIpc) is 3.36. The second kappa shape index (κ2) is 8.48. The number of benzene rings is 3. The molecule has 0 aliphatic carbocycles. The molecule has 1 aromatic heterocycles. The van der Waals surface area contributed by atoms with Gasteiger partial charge in [-0.2, -0.15) is 0 Å². The number of allylic oxidation sites excluding steroid dienone is 1. The maximum atomic E-state index is 13.3. The largest absolute Gasteiger partial charge is 0.497 e. The summed E-state index contributed by atoms with van der Waals surface area (Å²) < 4.78 is 19.6. The number of carbonyl (C=O) groups excluding carboxylic acids is 1. The van der Waals surface area contributed by atoms with Crippen molar-refractivity contribution >= 4 is 34.4 Å². The Hall–Kier alpha value is -3.74. The zero-order valence-electron chi connectivity index (χ0n) is 19.4. The van der Waals surface area contributed by atoms with Gasteiger partial charge in [0, 0.05) is 47.8 Å². The molecule has 0 saturated heterocycles. The molecule has 6 rings (SSSR count). The highest BCUT2D eigenvalue weighted by Gasteiger charge is 2.34. The number of Topliss-reactive ketones (excluding diaryl/α,β-unsaturated/α-hetero) is 1. The third kappa shape index (κ3) is 3.75. The topological polar surface area (TPSA) is 52.9 Å². The van der Waals surface area contributed by atoms with E-state index in [1.807, 2.05) is 72.4 Å². The predicted molar refractivity (Wildman–Crippen MR) is 135 cm³/mol. The zero-order valence-corrected chi connectivity index (χ0v) is 20.1. The fourth-order valence-electron chi connectivity index (χ4n) is 4.76. The summed E-state index contributed by atoms with van der Waals surface area (Å²) in [5, 5.41) is 1.71. The molecular formula is C28H23ClN2O4. The maximum absolute atomic E-state index is 13.3. The smallest absolute Gasteiger partial charge is 0.231 e. The van der Waals surface area contributed by atoms with Gasteiger partial charge in [-0.25, -0.2) is 0 Å². The van der Waals surface area contributed by atoms with Gasteiger partial charge < -0.3 is 18.8 Å². The lowest BCUT2D eigenvalue weighted by atomic mass is 10.0. The van der Waals surface area contributed by atoms with E-state index in [1.54, 1.807) is 13.2 Å². The number of methoxy groups -OCH3 is 1. The van der Waals surface area contributed by atoms with E-state index in [0.717, 1.165) is 44.1 Å². The lowest BCUT2D eigenvalue weighted by molar-refractivity contribution is 0.0873. The molecule has 0 radical (unpaired) electrons. The lowest BCUT2D eigenvalue weighted by Gasteiger charge is -2.30. The zero-order chi connectivity index (χ0) is 24.1. The highest BCUT2D eigenvalue weighted by atomic mass is 35.5. The summed E-state index contributed by atoms with van der Waals surface area (Å²) >= 11 is 6.36. The molecule has 0 amide bonds. The Morgan fingerprint density at radius 2 is 2.00 bits per heavy atom. The quantitative estimate of drug-likeness (QED) is 0.341. The van der Waals surface area contributed by atoms with Crippen LogP contribution in [-0.2, 0) is 20.1 Å². The second-order valence-electron chi connectivity index (χ2n) is 8.79. The van der Waals surface area contributed by atoms with Crippen LogP contribution in [0.25, 0.3) is 17.0 Å². The number of fused-ring (bicyclic) bond motifs is 4. The van der Waals surface area contributed by atoms with Gasteiger partial charge in [0.1, 0.15) is 24.0 Å². The monoisotopic (exact) mass is 486 g/mol. The molecule has 2 aliphatic heterocycles. The van der Waals surface area contributed by atoms with Crippen LogP contribution in [0.3, 0.4) is 0 Å². The third-order valence-electron chi connectivity index (χ3n) is 6.55. The third-order valence-corrected chi connectivity index (χ3v) is 6.92. The van der Waals surface area contributed by atoms with E-state index in [4.69, 9.17) is 25.8 Å². The molecule has 0 spiro atoms. The molecule has 35 heavy (non-hydrogen) atoms. The highest BCUT2D eigenvalue weighted by Crippen LogP contribution is 2.42. The first-order chi connectivity index (χ1) is 17.0. The van der Waals surface area contributed by atoms with Crippen molar-refractivity contribution in [2.24, 2.45) is 7.05 Å². The molecule has 0 bridgehead atoms. The van der Waals surface area contributed by atoms with Crippen LogP contribution in [0.2, 0.25) is 5.02 Å². The number of rotatable bonds is 4. The minimum absolute atomic E-state index is 0.133. The summed E-state index contributed by atoms with van der Waals surface area (Å²) in [6.45, 7) is 1.67. The molecule has 0 saturated carbocycles. The minimum atomic E-state index is -0.133. The van der Waals surface area contributed by atoms with E-state index in [-0.39, 0.29) is 5.78 Å². The first-order valence-electron chi connectivity index (χ1n) is 11.3. The van der Waals surface area contributed by atoms with Crippen LogP contribution in [-0.4, -0.2) is 29.1 Å². The molecule has 6 nitrogen and oxygen atoms in total. The van der Waals surface area contributed by atoms with Gasteiger partial charge in [-0.1, -0.05) is 29.8 Å². The minimum Gasteiger partial charge on any atom is -0.497 e. The highest BCUT2D eigenvalue weighted by molar-refractivity contribution is 6.31. The molecule has 3 heterocycles. The van der Waals surface area contributed by atoms with Crippen molar-refractivity contribution in [2.75, 3.05) is 13.8 Å². The Morgan fingerprint density at radius 1 is 1.14 bits per heavy atom. The van der Waals surface area contributed by atoms with Gasteiger partial charge in [-0.05, 0) is 48.0 Å². The molecule has 0 fully saturated rings. The number of halogens is 1. The Bertz CT molecular complexity index is 1520. The fourth-order valence-corrected chi connectivity index (χ4v) is 4.95. The van der Waals surface area contributed by atoms with Crippen LogP contribution < -0.4 is 14.2 Å². The van der Waals surface area contributed by atoms with Gasteiger partial charge >= 0.3 is 0 Å². The number of hydrogen-bond acceptors (Lipinski definition) is 5. The Labute approximate surface area is 207 Å². The van der Waals surface area contributed by atoms with Gasteiger partial charge in [0.2, 0.25) is 5.78 Å². The molecule has 0 N–H and O–H groups in total. The van der Waals surface area contributed by atoms with Crippen molar-refractivity contribution in [3.63, 3.8) is 0 Å². The molecular weight excluding hydrogens is 464 g/mol. The number of hydrogen-bond donors (Lipinski definition) is 0. The van der Waals surface area contributed by atoms with Gasteiger partial charge in [-0.3, -0.25) is 9.69 Å². The van der Waals surface area contributed by atoms with E-state index in [0.29, 0.717) is 36.9 Å². The van der Waals surface area contributed by atoms with Gasteiger partial charge in [0.15, 0.2) is 5.76 Å². The average molecular weight is 487 g/mol. The first kappa shape index (κ1) is 21.8. The normalized spacial score (nSPS) is 16.2. The van der Waals surface area contributed by atoms with E-state index in [2.05, 4.69) is 4.90 Å². The predicted octanol–water partition coefficient (Wildman–Crippen LogP) is 5.81. The van der Waals surface area contributed by atoms with Crippen molar-refractivity contribution in [2.45, 2.75) is 13.1 Å². The number of aryl methyl sites for hydroxylation is 1. The SMILES string of the molecule is COc1ccc2c(c1)c(/C=C1\Oc3c(ccc4c3CN(Cc3ccccc3Cl)CO4)C1=O)cn2C. The first-order valence-corrected chi connectivity index (χ1v) is 11.7. The van der Waals surface area contributed by atoms with Gasteiger partial charge in [0.05, 0.1) is 18.2 Å². The molecule has 0 atom stereocenters. The summed E-state index contributed by atoms with van der Waals surface area (Å²) in [4.78, 5) is 15.4. The molecule has 0 unspecified atom stereocenters. The van der Waals surface area contributed by atoms with Crippen LogP contribution in [0.5, 0.6) is 17.2 Å². The number of ketones is 1. The van der Waals surface area contributed by atoms with Crippen molar-refractivity contribution < 1.29 is 19.0 Å². The Morgan fingerprint density at radius 3 is 2.83 bits per heavy atom. The number of aromatic nitrogens is 1. The van der Waals surface area contributed by atoms with Gasteiger partial charge in [0.25, 0.3) is 0 Å². The van der Waals surface area contributed by atoms with E-state index in [9.17, 15) is 4.79 Å². The van der Waals surface area contributed by atoms with Crippen molar-refractivity contribution in [1.82, 2.24) is 9.47 Å². The molecule has 2 aliphatic rings. The molecule has 7 heteroatoms. The number of carbonyl (C=O) groups is 1. The molecule has 3 aromatic carbocycles. The Kier molecular flexibility index (Phi) is 5.28. The summed E-state index contributed by atoms with van der Waals surface area (Å²) in [6, 6.07) is 17.3. The second-order valence-corrected chi connectivity index (χ2v) is 9.20. The van der Waals surface area contributed by atoms with Crippen LogP contribution in [0, 0.1) is 0 Å².